The van der Waals surface area contributed by atoms with Gasteiger partial charge in [-0.15, -0.1) is 0 Å². The van der Waals surface area contributed by atoms with E-state index < -0.39 is 6.10 Å². The summed E-state index contributed by atoms with van der Waals surface area (Å²) in [5, 5.41) is 0. The van der Waals surface area contributed by atoms with Gasteiger partial charge in [-0.1, -0.05) is 302 Å². The van der Waals surface area contributed by atoms with Crippen molar-refractivity contribution in [3.05, 3.63) is 24.3 Å². The molecule has 0 amide bonds. The first kappa shape index (κ1) is 67.9. The van der Waals surface area contributed by atoms with Crippen molar-refractivity contribution in [2.45, 2.75) is 354 Å². The number of hydrogen-bond donors (Lipinski definition) is 0. The molecule has 0 aromatic heterocycles. The summed E-state index contributed by atoms with van der Waals surface area (Å²) < 4.78 is 16.8. The van der Waals surface area contributed by atoms with Crippen molar-refractivity contribution in [1.82, 2.24) is 0 Å². The molecule has 0 fully saturated rings. The molecular formula is C64H120O6. The summed E-state index contributed by atoms with van der Waals surface area (Å²) in [6.07, 6.45) is 70.7. The van der Waals surface area contributed by atoms with E-state index in [0.29, 0.717) is 19.3 Å². The maximum atomic E-state index is 12.8. The molecule has 412 valence electrons. The van der Waals surface area contributed by atoms with Crippen molar-refractivity contribution in [1.29, 1.82) is 0 Å². The van der Waals surface area contributed by atoms with Crippen LogP contribution in [0.4, 0.5) is 0 Å². The third-order valence-corrected chi connectivity index (χ3v) is 14.2. The summed E-state index contributed by atoms with van der Waals surface area (Å²) >= 11 is 0. The minimum absolute atomic E-state index is 0.0721. The molecule has 0 radical (unpaired) electrons. The van der Waals surface area contributed by atoms with Gasteiger partial charge in [-0.05, 0) is 51.4 Å². The summed E-state index contributed by atoms with van der Waals surface area (Å²) in [7, 11) is 0. The first-order valence-electron chi connectivity index (χ1n) is 31.3. The first-order chi connectivity index (χ1) is 34.5. The van der Waals surface area contributed by atoms with Gasteiger partial charge in [0.05, 0.1) is 0 Å². The average molecular weight is 986 g/mol. The lowest BCUT2D eigenvalue weighted by atomic mass is 10.0. The van der Waals surface area contributed by atoms with Crippen LogP contribution in [0.3, 0.4) is 0 Å². The van der Waals surface area contributed by atoms with Crippen LogP contribution in [0.5, 0.6) is 0 Å². The van der Waals surface area contributed by atoms with Crippen LogP contribution in [0.25, 0.3) is 0 Å². The molecule has 0 bridgehead atoms. The number of unbranched alkanes of at least 4 members (excludes halogenated alkanes) is 43. The standard InChI is InChI=1S/C64H120O6/c1-4-7-10-13-16-19-21-23-25-26-27-28-29-30-31-32-33-34-35-36-37-38-40-41-43-45-48-51-54-57-63(66)69-60-61(59-68-62(65)56-53-50-47-18-15-12-9-6-3)70-64(67)58-55-52-49-46-44-42-39-24-22-20-17-14-11-8-5-2/h17,20,24,39,61H,4-16,18-19,21-23,25-38,40-60H2,1-3H3/b20-17-,39-24-. The first-order valence-corrected chi connectivity index (χ1v) is 31.3. The second kappa shape index (κ2) is 59.5. The normalized spacial score (nSPS) is 12.1. The Kier molecular flexibility index (Phi) is 57.7. The van der Waals surface area contributed by atoms with Gasteiger partial charge in [-0.3, -0.25) is 14.4 Å². The second-order valence-corrected chi connectivity index (χ2v) is 21.3. The van der Waals surface area contributed by atoms with Crippen LogP contribution in [0.2, 0.25) is 0 Å². The van der Waals surface area contributed by atoms with E-state index in [4.69, 9.17) is 14.2 Å². The minimum Gasteiger partial charge on any atom is -0.462 e. The molecular weight excluding hydrogens is 865 g/mol. The largest absolute Gasteiger partial charge is 0.462 e. The summed E-state index contributed by atoms with van der Waals surface area (Å²) in [5.74, 6) is -0.870. The molecule has 0 N–H and O–H groups in total. The fourth-order valence-electron chi connectivity index (χ4n) is 9.48. The fraction of sp³-hybridized carbons (Fsp3) is 0.891. The second-order valence-electron chi connectivity index (χ2n) is 21.3. The van der Waals surface area contributed by atoms with Crippen molar-refractivity contribution in [3.8, 4) is 0 Å². The predicted molar refractivity (Wildman–Crippen MR) is 303 cm³/mol. The Morgan fingerprint density at radius 3 is 0.814 bits per heavy atom. The minimum atomic E-state index is -0.773. The summed E-state index contributed by atoms with van der Waals surface area (Å²) in [6.45, 7) is 6.62. The molecule has 1 atom stereocenters. The number of allylic oxidation sites excluding steroid dienone is 4. The van der Waals surface area contributed by atoms with Gasteiger partial charge in [-0.25, -0.2) is 0 Å². The van der Waals surface area contributed by atoms with Gasteiger partial charge in [-0.2, -0.15) is 0 Å². The van der Waals surface area contributed by atoms with Gasteiger partial charge in [0.25, 0.3) is 0 Å². The van der Waals surface area contributed by atoms with E-state index in [-0.39, 0.29) is 31.1 Å². The van der Waals surface area contributed by atoms with E-state index in [2.05, 4.69) is 45.1 Å². The highest BCUT2D eigenvalue weighted by atomic mass is 16.6. The van der Waals surface area contributed by atoms with Gasteiger partial charge in [0.15, 0.2) is 6.10 Å². The third kappa shape index (κ3) is 56.8. The van der Waals surface area contributed by atoms with Gasteiger partial charge >= 0.3 is 17.9 Å². The Morgan fingerprint density at radius 2 is 0.514 bits per heavy atom. The summed E-state index contributed by atoms with van der Waals surface area (Å²) in [6, 6.07) is 0. The molecule has 0 spiro atoms. The average Bonchev–Trinajstić information content (AvgIpc) is 3.36. The molecule has 0 aromatic rings. The third-order valence-electron chi connectivity index (χ3n) is 14.2. The number of hydrogen-bond acceptors (Lipinski definition) is 6. The van der Waals surface area contributed by atoms with Crippen LogP contribution in [-0.4, -0.2) is 37.2 Å². The van der Waals surface area contributed by atoms with Gasteiger partial charge in [0.1, 0.15) is 13.2 Å². The molecule has 0 aliphatic heterocycles. The molecule has 6 heteroatoms. The van der Waals surface area contributed by atoms with Gasteiger partial charge in [0.2, 0.25) is 0 Å². The molecule has 0 aliphatic carbocycles. The highest BCUT2D eigenvalue weighted by Gasteiger charge is 2.19. The van der Waals surface area contributed by atoms with E-state index in [9.17, 15) is 14.4 Å². The van der Waals surface area contributed by atoms with E-state index >= 15 is 0 Å². The van der Waals surface area contributed by atoms with Crippen LogP contribution in [0.15, 0.2) is 24.3 Å². The topological polar surface area (TPSA) is 78.9 Å². The van der Waals surface area contributed by atoms with Crippen molar-refractivity contribution in [2.24, 2.45) is 0 Å². The number of ether oxygens (including phenoxy) is 3. The van der Waals surface area contributed by atoms with E-state index in [1.165, 1.54) is 231 Å². The number of rotatable bonds is 58. The van der Waals surface area contributed by atoms with Crippen molar-refractivity contribution >= 4 is 17.9 Å². The van der Waals surface area contributed by atoms with Gasteiger partial charge in [0, 0.05) is 19.3 Å². The molecule has 0 rings (SSSR count). The van der Waals surface area contributed by atoms with Crippen molar-refractivity contribution in [2.75, 3.05) is 13.2 Å². The molecule has 0 aliphatic rings. The number of carbonyl (C=O) groups excluding carboxylic acids is 3. The predicted octanol–water partition coefficient (Wildman–Crippen LogP) is 21.1. The van der Waals surface area contributed by atoms with Crippen LogP contribution in [-0.2, 0) is 28.6 Å². The maximum Gasteiger partial charge on any atom is 0.306 e. The molecule has 70 heavy (non-hydrogen) atoms. The maximum absolute atomic E-state index is 12.8. The van der Waals surface area contributed by atoms with E-state index in [1.807, 2.05) is 0 Å². The highest BCUT2D eigenvalue weighted by Crippen LogP contribution is 2.18. The van der Waals surface area contributed by atoms with Gasteiger partial charge < -0.3 is 14.2 Å². The van der Waals surface area contributed by atoms with Crippen LogP contribution in [0, 0.1) is 0 Å². The molecule has 6 nitrogen and oxygen atoms in total. The fourth-order valence-corrected chi connectivity index (χ4v) is 9.48. The SMILES string of the molecule is CCCCC/C=C\C/C=C\CCCCCCCC(=O)OC(COC(=O)CCCCCCCCCC)COC(=O)CCCCCCCCCCCCCCCCCCCCCCCCCCCCCCC. The molecule has 0 saturated heterocycles. The van der Waals surface area contributed by atoms with Crippen molar-refractivity contribution < 1.29 is 28.6 Å². The Hall–Kier alpha value is -2.11. The zero-order valence-corrected chi connectivity index (χ0v) is 47.3. The zero-order chi connectivity index (χ0) is 50.7. The van der Waals surface area contributed by atoms with E-state index in [0.717, 1.165) is 77.0 Å². The van der Waals surface area contributed by atoms with Crippen LogP contribution >= 0.6 is 0 Å². The van der Waals surface area contributed by atoms with Crippen LogP contribution < -0.4 is 0 Å². The molecule has 0 saturated carbocycles. The molecule has 0 heterocycles. The Labute approximate surface area is 436 Å². The molecule has 1 unspecified atom stereocenters. The lowest BCUT2D eigenvalue weighted by molar-refractivity contribution is -0.167. The number of carbonyl (C=O) groups is 3. The highest BCUT2D eigenvalue weighted by molar-refractivity contribution is 5.71. The quantitative estimate of drug-likeness (QED) is 0.0261. The smallest absolute Gasteiger partial charge is 0.306 e. The Balaban J connectivity index is 4.03. The van der Waals surface area contributed by atoms with Crippen molar-refractivity contribution in [3.63, 3.8) is 0 Å². The number of esters is 3. The lowest BCUT2D eigenvalue weighted by Gasteiger charge is -2.18. The van der Waals surface area contributed by atoms with Crippen LogP contribution in [0.1, 0.15) is 348 Å². The zero-order valence-electron chi connectivity index (χ0n) is 47.3. The lowest BCUT2D eigenvalue weighted by Crippen LogP contribution is -2.30. The summed E-state index contributed by atoms with van der Waals surface area (Å²) in [4.78, 5) is 38.0. The summed E-state index contributed by atoms with van der Waals surface area (Å²) in [5.41, 5.74) is 0. The molecule has 0 aromatic carbocycles. The Bertz CT molecular complexity index is 1130. The monoisotopic (exact) mass is 985 g/mol. The van der Waals surface area contributed by atoms with E-state index in [1.54, 1.807) is 0 Å². The Morgan fingerprint density at radius 1 is 0.286 bits per heavy atom.